The van der Waals surface area contributed by atoms with E-state index in [0.717, 1.165) is 44.5 Å². The predicted octanol–water partition coefficient (Wildman–Crippen LogP) is 4.08. The van der Waals surface area contributed by atoms with Gasteiger partial charge in [0.25, 0.3) is 0 Å². The first kappa shape index (κ1) is 24.2. The van der Waals surface area contributed by atoms with Crippen LogP contribution in [0.3, 0.4) is 0 Å². The Hall–Kier alpha value is -2.90. The van der Waals surface area contributed by atoms with E-state index in [1.165, 1.54) is 11.3 Å². The highest BCUT2D eigenvalue weighted by Crippen LogP contribution is 2.33. The van der Waals surface area contributed by atoms with Crippen LogP contribution in [0.2, 0.25) is 0 Å². The van der Waals surface area contributed by atoms with Crippen LogP contribution in [0.5, 0.6) is 0 Å². The molecule has 4 rings (SSSR count). The first-order valence-electron chi connectivity index (χ1n) is 12.0. The van der Waals surface area contributed by atoms with Crippen LogP contribution >= 0.6 is 0 Å². The minimum Gasteiger partial charge on any atom is -0.456 e. The van der Waals surface area contributed by atoms with Crippen LogP contribution in [-0.2, 0) is 20.7 Å². The Labute approximate surface area is 201 Å². The van der Waals surface area contributed by atoms with Crippen molar-refractivity contribution in [1.29, 1.82) is 0 Å². The molecule has 0 unspecified atom stereocenters. The number of anilines is 2. The van der Waals surface area contributed by atoms with Gasteiger partial charge in [-0.1, -0.05) is 12.1 Å². The number of fused-ring (bicyclic) bond motifs is 1. The lowest BCUT2D eigenvalue weighted by Crippen LogP contribution is -2.41. The van der Waals surface area contributed by atoms with Crippen molar-refractivity contribution in [2.45, 2.75) is 57.8 Å². The maximum absolute atomic E-state index is 13.2. The molecule has 2 aromatic carbocycles. The molecule has 1 fully saturated rings. The molecule has 2 heterocycles. The van der Waals surface area contributed by atoms with Gasteiger partial charge in [-0.3, -0.25) is 4.79 Å². The molecule has 1 saturated heterocycles. The molecule has 2 aromatic rings. The third kappa shape index (κ3) is 5.59. The normalized spacial score (nSPS) is 18.8. The van der Waals surface area contributed by atoms with Crippen LogP contribution in [0.1, 0.15) is 61.1 Å². The van der Waals surface area contributed by atoms with Crippen molar-refractivity contribution >= 4 is 23.3 Å². The Kier molecular flexibility index (Phi) is 7.24. The second-order valence-electron chi connectivity index (χ2n) is 9.97. The zero-order valence-electron chi connectivity index (χ0n) is 20.5. The van der Waals surface area contributed by atoms with Gasteiger partial charge in [0.05, 0.1) is 11.7 Å². The van der Waals surface area contributed by atoms with Crippen molar-refractivity contribution in [3.05, 3.63) is 59.2 Å². The van der Waals surface area contributed by atoms with E-state index in [0.29, 0.717) is 17.4 Å². The SMILES string of the molecule is COC1CCN(c2cccc3c2CCN[C@@H]3C(=O)Nc2ccc(C(=O)OC(C)(C)C)cc2)CC1. The van der Waals surface area contributed by atoms with E-state index in [1.807, 2.05) is 32.9 Å². The van der Waals surface area contributed by atoms with Crippen molar-refractivity contribution in [3.63, 3.8) is 0 Å². The van der Waals surface area contributed by atoms with Crippen molar-refractivity contribution in [2.24, 2.45) is 0 Å². The van der Waals surface area contributed by atoms with Gasteiger partial charge in [-0.25, -0.2) is 4.79 Å². The van der Waals surface area contributed by atoms with Gasteiger partial charge < -0.3 is 25.0 Å². The summed E-state index contributed by atoms with van der Waals surface area (Å²) < 4.78 is 10.9. The van der Waals surface area contributed by atoms with E-state index in [2.05, 4.69) is 21.6 Å². The lowest BCUT2D eigenvalue weighted by Gasteiger charge is -2.36. The number of carbonyl (C=O) groups is 2. The summed E-state index contributed by atoms with van der Waals surface area (Å²) >= 11 is 0. The van der Waals surface area contributed by atoms with Crippen LogP contribution in [0, 0.1) is 0 Å². The molecule has 34 heavy (non-hydrogen) atoms. The fourth-order valence-electron chi connectivity index (χ4n) is 4.69. The number of nitrogens with zero attached hydrogens (tertiary/aromatic N) is 1. The first-order chi connectivity index (χ1) is 16.2. The van der Waals surface area contributed by atoms with Crippen LogP contribution in [-0.4, -0.2) is 50.3 Å². The summed E-state index contributed by atoms with van der Waals surface area (Å²) in [6, 6.07) is 12.6. The van der Waals surface area contributed by atoms with Crippen LogP contribution in [0.15, 0.2) is 42.5 Å². The number of amides is 1. The molecule has 2 N–H and O–H groups in total. The average Bonchev–Trinajstić information content (AvgIpc) is 2.82. The first-order valence-corrected chi connectivity index (χ1v) is 12.0. The highest BCUT2D eigenvalue weighted by Gasteiger charge is 2.30. The van der Waals surface area contributed by atoms with Crippen molar-refractivity contribution in [1.82, 2.24) is 5.32 Å². The van der Waals surface area contributed by atoms with Gasteiger partial charge in [0.1, 0.15) is 11.6 Å². The molecule has 2 aliphatic heterocycles. The van der Waals surface area contributed by atoms with Gasteiger partial charge >= 0.3 is 5.97 Å². The zero-order valence-corrected chi connectivity index (χ0v) is 20.5. The molecular formula is C27H35N3O4. The lowest BCUT2D eigenvalue weighted by molar-refractivity contribution is -0.118. The number of esters is 1. The molecule has 0 spiro atoms. The number of ether oxygens (including phenoxy) is 2. The summed E-state index contributed by atoms with van der Waals surface area (Å²) in [5, 5.41) is 6.37. The highest BCUT2D eigenvalue weighted by molar-refractivity contribution is 5.97. The summed E-state index contributed by atoms with van der Waals surface area (Å²) in [6.07, 6.45) is 3.26. The summed E-state index contributed by atoms with van der Waals surface area (Å²) in [7, 11) is 1.78. The molecule has 182 valence electrons. The van der Waals surface area contributed by atoms with E-state index in [-0.39, 0.29) is 11.9 Å². The van der Waals surface area contributed by atoms with Gasteiger partial charge in [0, 0.05) is 38.1 Å². The molecule has 0 saturated carbocycles. The number of piperidine rings is 1. The number of rotatable bonds is 5. The minimum absolute atomic E-state index is 0.110. The van der Waals surface area contributed by atoms with E-state index in [9.17, 15) is 9.59 Å². The zero-order chi connectivity index (χ0) is 24.3. The molecule has 2 aliphatic rings. The molecule has 0 aliphatic carbocycles. The molecule has 7 nitrogen and oxygen atoms in total. The maximum Gasteiger partial charge on any atom is 0.338 e. The van der Waals surface area contributed by atoms with Gasteiger partial charge in [0.2, 0.25) is 5.91 Å². The number of hydrogen-bond acceptors (Lipinski definition) is 6. The smallest absolute Gasteiger partial charge is 0.338 e. The minimum atomic E-state index is -0.553. The molecule has 0 radical (unpaired) electrons. The van der Waals surface area contributed by atoms with E-state index >= 15 is 0 Å². The second kappa shape index (κ2) is 10.2. The van der Waals surface area contributed by atoms with E-state index in [1.54, 1.807) is 31.4 Å². The summed E-state index contributed by atoms with van der Waals surface area (Å²) in [6.45, 7) is 8.17. The third-order valence-corrected chi connectivity index (χ3v) is 6.39. The molecule has 1 amide bonds. The lowest BCUT2D eigenvalue weighted by atomic mass is 9.91. The fraction of sp³-hybridized carbons (Fsp3) is 0.481. The Balaban J connectivity index is 1.46. The van der Waals surface area contributed by atoms with Crippen LogP contribution in [0.4, 0.5) is 11.4 Å². The largest absolute Gasteiger partial charge is 0.456 e. The number of nitrogens with one attached hydrogen (secondary N) is 2. The quantitative estimate of drug-likeness (QED) is 0.648. The van der Waals surface area contributed by atoms with Gasteiger partial charge in [-0.05, 0) is 81.5 Å². The summed E-state index contributed by atoms with van der Waals surface area (Å²) in [5.74, 6) is -0.489. The van der Waals surface area contributed by atoms with Crippen LogP contribution < -0.4 is 15.5 Å². The van der Waals surface area contributed by atoms with Crippen LogP contribution in [0.25, 0.3) is 0 Å². The Morgan fingerprint density at radius 1 is 1.06 bits per heavy atom. The third-order valence-electron chi connectivity index (χ3n) is 6.39. The molecular weight excluding hydrogens is 430 g/mol. The number of benzene rings is 2. The number of hydrogen-bond donors (Lipinski definition) is 2. The van der Waals surface area contributed by atoms with Gasteiger partial charge in [-0.15, -0.1) is 0 Å². The molecule has 0 aromatic heterocycles. The Bertz CT molecular complexity index is 1020. The standard InChI is InChI=1S/C27H35N3O4/c1-27(2,3)34-26(32)18-8-10-19(11-9-18)29-25(31)24-22-6-5-7-23(21(22)12-15-28-24)30-16-13-20(33-4)14-17-30/h5-11,20,24,28H,12-17H2,1-4H3,(H,29,31)/t24-/m0/s1. The van der Waals surface area contributed by atoms with E-state index in [4.69, 9.17) is 9.47 Å². The Morgan fingerprint density at radius 3 is 2.41 bits per heavy atom. The van der Waals surface area contributed by atoms with Gasteiger partial charge in [-0.2, -0.15) is 0 Å². The molecule has 1 atom stereocenters. The summed E-state index contributed by atoms with van der Waals surface area (Å²) in [5.41, 5.74) is 4.05. The topological polar surface area (TPSA) is 79.9 Å². The van der Waals surface area contributed by atoms with Crippen molar-refractivity contribution in [2.75, 3.05) is 37.0 Å². The van der Waals surface area contributed by atoms with E-state index < -0.39 is 11.6 Å². The predicted molar refractivity (Wildman–Crippen MR) is 133 cm³/mol. The van der Waals surface area contributed by atoms with Gasteiger partial charge in [0.15, 0.2) is 0 Å². The highest BCUT2D eigenvalue weighted by atomic mass is 16.6. The monoisotopic (exact) mass is 465 g/mol. The maximum atomic E-state index is 13.2. The van der Waals surface area contributed by atoms with Crippen molar-refractivity contribution in [3.8, 4) is 0 Å². The number of carbonyl (C=O) groups excluding carboxylic acids is 2. The fourth-order valence-corrected chi connectivity index (χ4v) is 4.69. The van der Waals surface area contributed by atoms with Crippen molar-refractivity contribution < 1.29 is 19.1 Å². The average molecular weight is 466 g/mol. The molecule has 0 bridgehead atoms. The molecule has 7 heteroatoms. The Morgan fingerprint density at radius 2 is 1.76 bits per heavy atom. The second-order valence-corrected chi connectivity index (χ2v) is 9.97. The number of methoxy groups -OCH3 is 1. The summed E-state index contributed by atoms with van der Waals surface area (Å²) in [4.78, 5) is 27.9.